The number of nitrogens with two attached hydrogens (primary N) is 1. The molecule has 3 aromatic rings. The lowest BCUT2D eigenvalue weighted by atomic mass is 10.2. The van der Waals surface area contributed by atoms with Crippen LogP contribution in [0.25, 0.3) is 11.4 Å². The van der Waals surface area contributed by atoms with Gasteiger partial charge in [-0.3, -0.25) is 14.9 Å². The van der Waals surface area contributed by atoms with Crippen LogP contribution in [0.15, 0.2) is 40.1 Å². The van der Waals surface area contributed by atoms with Gasteiger partial charge in [-0.15, -0.1) is 10.2 Å². The summed E-state index contributed by atoms with van der Waals surface area (Å²) < 4.78 is 6.49. The first-order valence-electron chi connectivity index (χ1n) is 7.48. The second kappa shape index (κ2) is 7.68. The van der Waals surface area contributed by atoms with E-state index in [2.05, 4.69) is 15.5 Å². The van der Waals surface area contributed by atoms with Crippen LogP contribution in [0.1, 0.15) is 5.76 Å². The molecular weight excluding hydrogens is 396 g/mol. The number of furan rings is 1. The number of amides is 1. The SMILES string of the molecule is Cc1occc1-c1nnc(SCC(=O)Nc2ccc([N+](=O)[O-])cc2Cl)n1N. The van der Waals surface area contributed by atoms with Crippen LogP contribution < -0.4 is 11.2 Å². The number of aryl methyl sites for hydroxylation is 1. The van der Waals surface area contributed by atoms with Crippen molar-refractivity contribution in [3.63, 3.8) is 0 Å². The Hall–Kier alpha value is -3.05. The second-order valence-corrected chi connectivity index (χ2v) is 6.67. The van der Waals surface area contributed by atoms with E-state index in [1.54, 1.807) is 13.0 Å². The average Bonchev–Trinajstić information content (AvgIpc) is 3.20. The van der Waals surface area contributed by atoms with Gasteiger partial charge in [-0.1, -0.05) is 23.4 Å². The Balaban J connectivity index is 1.64. The lowest BCUT2D eigenvalue weighted by Crippen LogP contribution is -2.16. The molecule has 1 amide bonds. The predicted molar refractivity (Wildman–Crippen MR) is 100 cm³/mol. The summed E-state index contributed by atoms with van der Waals surface area (Å²) in [7, 11) is 0. The second-order valence-electron chi connectivity index (χ2n) is 5.32. The van der Waals surface area contributed by atoms with Crippen LogP contribution in [-0.4, -0.2) is 31.5 Å². The molecule has 12 heteroatoms. The van der Waals surface area contributed by atoms with Gasteiger partial charge in [0.15, 0.2) is 5.82 Å². The summed E-state index contributed by atoms with van der Waals surface area (Å²) >= 11 is 7.04. The highest BCUT2D eigenvalue weighted by Crippen LogP contribution is 2.28. The van der Waals surface area contributed by atoms with E-state index >= 15 is 0 Å². The molecule has 0 bridgehead atoms. The van der Waals surface area contributed by atoms with Gasteiger partial charge in [0.05, 0.1) is 33.2 Å². The molecule has 2 aromatic heterocycles. The monoisotopic (exact) mass is 408 g/mol. The number of nitrogens with one attached hydrogen (secondary N) is 1. The molecule has 0 saturated carbocycles. The zero-order valence-electron chi connectivity index (χ0n) is 13.9. The molecule has 0 spiro atoms. The molecule has 0 radical (unpaired) electrons. The zero-order chi connectivity index (χ0) is 19.6. The highest BCUT2D eigenvalue weighted by atomic mass is 35.5. The third kappa shape index (κ3) is 4.04. The van der Waals surface area contributed by atoms with Gasteiger partial charge in [0.1, 0.15) is 5.76 Å². The fraction of sp³-hybridized carbons (Fsp3) is 0.133. The third-order valence-electron chi connectivity index (χ3n) is 3.53. The van der Waals surface area contributed by atoms with Gasteiger partial charge in [0, 0.05) is 12.1 Å². The van der Waals surface area contributed by atoms with Crippen molar-refractivity contribution in [1.29, 1.82) is 0 Å². The smallest absolute Gasteiger partial charge is 0.271 e. The van der Waals surface area contributed by atoms with Gasteiger partial charge < -0.3 is 15.6 Å². The van der Waals surface area contributed by atoms with Gasteiger partial charge in [0.25, 0.3) is 5.69 Å². The predicted octanol–water partition coefficient (Wildman–Crippen LogP) is 2.85. The highest BCUT2D eigenvalue weighted by Gasteiger charge is 2.17. The average molecular weight is 409 g/mol. The number of nitrogen functional groups attached to an aromatic ring is 1. The molecule has 0 atom stereocenters. The van der Waals surface area contributed by atoms with Crippen LogP contribution in [0.5, 0.6) is 0 Å². The number of carbonyl (C=O) groups is 1. The van der Waals surface area contributed by atoms with Gasteiger partial charge in [-0.2, -0.15) is 0 Å². The Morgan fingerprint density at radius 3 is 2.85 bits per heavy atom. The molecule has 1 aromatic carbocycles. The van der Waals surface area contributed by atoms with Crippen molar-refractivity contribution in [2.45, 2.75) is 12.1 Å². The number of benzene rings is 1. The number of thioether (sulfide) groups is 1. The summed E-state index contributed by atoms with van der Waals surface area (Å²) in [5.41, 5.74) is 0.821. The van der Waals surface area contributed by atoms with E-state index in [0.29, 0.717) is 22.3 Å². The van der Waals surface area contributed by atoms with E-state index in [9.17, 15) is 14.9 Å². The largest absolute Gasteiger partial charge is 0.469 e. The van der Waals surface area contributed by atoms with Crippen LogP contribution in [0, 0.1) is 17.0 Å². The van der Waals surface area contributed by atoms with Crippen LogP contribution in [-0.2, 0) is 4.79 Å². The Labute approximate surface area is 161 Å². The Morgan fingerprint density at radius 1 is 1.44 bits per heavy atom. The van der Waals surface area contributed by atoms with E-state index in [-0.39, 0.29) is 28.1 Å². The molecule has 0 unspecified atom stereocenters. The minimum Gasteiger partial charge on any atom is -0.469 e. The van der Waals surface area contributed by atoms with Crippen molar-refractivity contribution in [2.75, 3.05) is 16.9 Å². The van der Waals surface area contributed by atoms with Crippen LogP contribution in [0.3, 0.4) is 0 Å². The quantitative estimate of drug-likeness (QED) is 0.274. The standard InChI is InChI=1S/C15H13ClN6O4S/c1-8-10(4-5-26-8)14-19-20-15(21(14)17)27-7-13(23)18-12-3-2-9(22(24)25)6-11(12)16/h2-6H,7,17H2,1H3,(H,18,23). The molecule has 0 fully saturated rings. The number of nitro groups is 1. The van der Waals surface area contributed by atoms with E-state index in [1.807, 2.05) is 0 Å². The third-order valence-corrected chi connectivity index (χ3v) is 4.79. The first-order chi connectivity index (χ1) is 12.9. The molecule has 0 aliphatic heterocycles. The summed E-state index contributed by atoms with van der Waals surface area (Å²) in [6.45, 7) is 1.78. The van der Waals surface area contributed by atoms with Gasteiger partial charge in [-0.05, 0) is 19.1 Å². The molecule has 3 N–H and O–H groups in total. The molecule has 3 rings (SSSR count). The number of halogens is 1. The van der Waals surface area contributed by atoms with Crippen molar-refractivity contribution in [3.8, 4) is 11.4 Å². The van der Waals surface area contributed by atoms with Crippen molar-refractivity contribution in [2.24, 2.45) is 0 Å². The van der Waals surface area contributed by atoms with Crippen LogP contribution in [0.2, 0.25) is 5.02 Å². The van der Waals surface area contributed by atoms with Crippen molar-refractivity contribution < 1.29 is 14.1 Å². The molecule has 0 aliphatic rings. The normalized spacial score (nSPS) is 10.7. The minimum absolute atomic E-state index is 0.00693. The van der Waals surface area contributed by atoms with Crippen LogP contribution in [0.4, 0.5) is 11.4 Å². The van der Waals surface area contributed by atoms with Crippen LogP contribution >= 0.6 is 23.4 Å². The molecule has 10 nitrogen and oxygen atoms in total. The van der Waals surface area contributed by atoms with Gasteiger partial charge in [-0.25, -0.2) is 4.68 Å². The molecule has 2 heterocycles. The summed E-state index contributed by atoms with van der Waals surface area (Å²) in [6, 6.07) is 5.51. The number of hydrogen-bond donors (Lipinski definition) is 2. The maximum atomic E-state index is 12.1. The van der Waals surface area contributed by atoms with Gasteiger partial charge in [0.2, 0.25) is 11.1 Å². The van der Waals surface area contributed by atoms with E-state index in [4.69, 9.17) is 21.9 Å². The molecule has 0 saturated heterocycles. The van der Waals surface area contributed by atoms with E-state index in [0.717, 1.165) is 11.8 Å². The zero-order valence-corrected chi connectivity index (χ0v) is 15.5. The molecule has 0 aliphatic carbocycles. The van der Waals surface area contributed by atoms with Crippen molar-refractivity contribution in [1.82, 2.24) is 14.9 Å². The Morgan fingerprint density at radius 2 is 2.22 bits per heavy atom. The highest BCUT2D eigenvalue weighted by molar-refractivity contribution is 7.99. The van der Waals surface area contributed by atoms with E-state index in [1.165, 1.54) is 29.1 Å². The van der Waals surface area contributed by atoms with Crippen molar-refractivity contribution >= 4 is 40.6 Å². The number of carbonyl (C=O) groups excluding carboxylic acids is 1. The fourth-order valence-electron chi connectivity index (χ4n) is 2.21. The summed E-state index contributed by atoms with van der Waals surface area (Å²) in [4.78, 5) is 22.3. The number of nitro benzene ring substituents is 1. The number of rotatable bonds is 6. The minimum atomic E-state index is -0.569. The maximum absolute atomic E-state index is 12.1. The number of non-ortho nitro benzene ring substituents is 1. The first kappa shape index (κ1) is 18.7. The number of aromatic nitrogens is 3. The fourth-order valence-corrected chi connectivity index (χ4v) is 3.09. The topological polar surface area (TPSA) is 142 Å². The lowest BCUT2D eigenvalue weighted by Gasteiger charge is -2.07. The molecular formula is C15H13ClN6O4S. The Bertz CT molecular complexity index is 1020. The first-order valence-corrected chi connectivity index (χ1v) is 8.84. The van der Waals surface area contributed by atoms with Crippen molar-refractivity contribution in [3.05, 3.63) is 51.4 Å². The summed E-state index contributed by atoms with van der Waals surface area (Å²) in [6.07, 6.45) is 1.52. The Kier molecular flexibility index (Phi) is 5.33. The molecule has 140 valence electrons. The lowest BCUT2D eigenvalue weighted by molar-refractivity contribution is -0.384. The van der Waals surface area contributed by atoms with Gasteiger partial charge >= 0.3 is 0 Å². The summed E-state index contributed by atoms with van der Waals surface area (Å²) in [5.74, 6) is 6.67. The number of hydrogen-bond acceptors (Lipinski definition) is 8. The summed E-state index contributed by atoms with van der Waals surface area (Å²) in [5, 5.41) is 21.7. The maximum Gasteiger partial charge on any atom is 0.271 e. The van der Waals surface area contributed by atoms with E-state index < -0.39 is 4.92 Å². The number of anilines is 1. The number of nitrogens with zero attached hydrogens (tertiary/aromatic N) is 4. The molecule has 27 heavy (non-hydrogen) atoms.